The molecule has 1 aliphatic heterocycles. The van der Waals surface area contributed by atoms with Crippen LogP contribution in [-0.2, 0) is 17.8 Å². The summed E-state index contributed by atoms with van der Waals surface area (Å²) in [5.41, 5.74) is 1.79. The van der Waals surface area contributed by atoms with Crippen LogP contribution in [0.2, 0.25) is 0 Å². The fraction of sp³-hybridized carbons (Fsp3) is 0.450. The lowest BCUT2D eigenvalue weighted by Gasteiger charge is -2.21. The highest BCUT2D eigenvalue weighted by Gasteiger charge is 2.25. The maximum absolute atomic E-state index is 11.8. The monoisotopic (exact) mass is 415 g/mol. The van der Waals surface area contributed by atoms with Gasteiger partial charge in [0, 0.05) is 30.9 Å². The molecule has 10 heteroatoms. The van der Waals surface area contributed by atoms with Gasteiger partial charge in [-0.05, 0) is 26.8 Å². The van der Waals surface area contributed by atoms with Crippen molar-refractivity contribution in [1.82, 2.24) is 20.3 Å². The number of hydrogen-bond donors (Lipinski definition) is 2. The van der Waals surface area contributed by atoms with Crippen molar-refractivity contribution in [2.75, 3.05) is 25.6 Å². The average molecular weight is 415 g/mol. The molecule has 0 saturated carbocycles. The van der Waals surface area contributed by atoms with Gasteiger partial charge in [-0.3, -0.25) is 4.68 Å². The van der Waals surface area contributed by atoms with Crippen molar-refractivity contribution in [2.24, 2.45) is 0 Å². The van der Waals surface area contributed by atoms with E-state index in [9.17, 15) is 4.79 Å². The lowest BCUT2D eigenvalue weighted by molar-refractivity contribution is 0.0523. The van der Waals surface area contributed by atoms with Crippen LogP contribution in [0.15, 0.2) is 23.0 Å². The van der Waals surface area contributed by atoms with E-state index in [-0.39, 0.29) is 0 Å². The van der Waals surface area contributed by atoms with Gasteiger partial charge in [0.25, 0.3) is 0 Å². The van der Waals surface area contributed by atoms with E-state index in [0.717, 1.165) is 16.5 Å². The smallest absolute Gasteiger partial charge is 0.407 e. The topological polar surface area (TPSA) is 113 Å². The fourth-order valence-corrected chi connectivity index (χ4v) is 3.22. The maximum atomic E-state index is 11.8. The van der Waals surface area contributed by atoms with Crippen molar-refractivity contribution in [3.63, 3.8) is 0 Å². The number of nitrogens with zero attached hydrogens (tertiary/aromatic N) is 3. The molecule has 3 aromatic rings. The lowest BCUT2D eigenvalue weighted by Crippen LogP contribution is -2.32. The van der Waals surface area contributed by atoms with E-state index in [1.54, 1.807) is 17.9 Å². The van der Waals surface area contributed by atoms with Gasteiger partial charge in [-0.2, -0.15) is 5.10 Å². The van der Waals surface area contributed by atoms with E-state index < -0.39 is 11.7 Å². The SMILES string of the molecule is CNc1noc2cc(Cn3cc(CNC(=O)OC(C)(C)C)cn3)c3c(c12)OCCO3. The number of nitrogens with one attached hydrogen (secondary N) is 2. The van der Waals surface area contributed by atoms with Crippen LogP contribution in [0.5, 0.6) is 11.5 Å². The van der Waals surface area contributed by atoms with Crippen molar-refractivity contribution in [3.8, 4) is 11.5 Å². The summed E-state index contributed by atoms with van der Waals surface area (Å²) in [6.45, 7) is 7.16. The third-order valence-corrected chi connectivity index (χ3v) is 4.42. The number of carbonyl (C=O) groups excluding carboxylic acids is 1. The Bertz CT molecular complexity index is 1070. The van der Waals surface area contributed by atoms with Crippen LogP contribution in [0, 0.1) is 0 Å². The van der Waals surface area contributed by atoms with Crippen molar-refractivity contribution >= 4 is 22.9 Å². The molecule has 1 aromatic carbocycles. The van der Waals surface area contributed by atoms with E-state index in [1.165, 1.54) is 0 Å². The summed E-state index contributed by atoms with van der Waals surface area (Å²) in [4.78, 5) is 11.8. The van der Waals surface area contributed by atoms with Gasteiger partial charge >= 0.3 is 6.09 Å². The number of hydrogen-bond acceptors (Lipinski definition) is 8. The number of alkyl carbamates (subject to hydrolysis) is 1. The van der Waals surface area contributed by atoms with Gasteiger partial charge in [0.1, 0.15) is 24.2 Å². The second kappa shape index (κ2) is 7.77. The normalized spacial score (nSPS) is 13.3. The lowest BCUT2D eigenvalue weighted by atomic mass is 10.1. The molecule has 4 rings (SSSR count). The van der Waals surface area contributed by atoms with Gasteiger partial charge in [0.2, 0.25) is 0 Å². The summed E-state index contributed by atoms with van der Waals surface area (Å²) in [7, 11) is 1.78. The molecule has 160 valence electrons. The van der Waals surface area contributed by atoms with Crippen LogP contribution >= 0.6 is 0 Å². The molecule has 0 aliphatic carbocycles. The first kappa shape index (κ1) is 19.9. The molecule has 0 spiro atoms. The van der Waals surface area contributed by atoms with Gasteiger partial charge < -0.3 is 29.4 Å². The van der Waals surface area contributed by atoms with E-state index >= 15 is 0 Å². The number of anilines is 1. The second-order valence-corrected chi connectivity index (χ2v) is 7.95. The number of aromatic nitrogens is 3. The average Bonchev–Trinajstić information content (AvgIpc) is 3.32. The Morgan fingerprint density at radius 2 is 2.03 bits per heavy atom. The Morgan fingerprint density at radius 3 is 2.77 bits per heavy atom. The highest BCUT2D eigenvalue weighted by molar-refractivity contribution is 5.96. The Morgan fingerprint density at radius 1 is 1.27 bits per heavy atom. The molecule has 0 fully saturated rings. The molecule has 1 amide bonds. The molecule has 0 radical (unpaired) electrons. The van der Waals surface area contributed by atoms with Gasteiger partial charge in [-0.25, -0.2) is 4.79 Å². The molecule has 0 bridgehead atoms. The maximum Gasteiger partial charge on any atom is 0.407 e. The minimum Gasteiger partial charge on any atom is -0.486 e. The Kier molecular flexibility index (Phi) is 5.15. The second-order valence-electron chi connectivity index (χ2n) is 7.95. The predicted octanol–water partition coefficient (Wildman–Crippen LogP) is 2.91. The number of amides is 1. The van der Waals surface area contributed by atoms with Crippen molar-refractivity contribution in [2.45, 2.75) is 39.5 Å². The van der Waals surface area contributed by atoms with Gasteiger partial charge in [0.15, 0.2) is 22.9 Å². The standard InChI is InChI=1S/C20H25N5O5/c1-20(2,3)29-19(26)22-8-12-9-23-25(10-12)11-13-7-14-15(18(21-4)24-30-14)17-16(13)27-5-6-28-17/h7,9-10H,5-6,8,11H2,1-4H3,(H,21,24)(H,22,26). The molecular formula is C20H25N5O5. The molecule has 0 saturated heterocycles. The minimum atomic E-state index is -0.540. The number of carbonyl (C=O) groups is 1. The Hall–Kier alpha value is -3.43. The van der Waals surface area contributed by atoms with Gasteiger partial charge in [-0.1, -0.05) is 5.16 Å². The van der Waals surface area contributed by atoms with Crippen LogP contribution in [0.1, 0.15) is 31.9 Å². The number of benzene rings is 1. The van der Waals surface area contributed by atoms with Crippen molar-refractivity contribution in [1.29, 1.82) is 0 Å². The number of rotatable bonds is 5. The summed E-state index contributed by atoms with van der Waals surface area (Å²) in [6.07, 6.45) is 3.09. The van der Waals surface area contributed by atoms with Crippen LogP contribution in [0.25, 0.3) is 11.0 Å². The third-order valence-electron chi connectivity index (χ3n) is 4.42. The van der Waals surface area contributed by atoms with Crippen LogP contribution in [0.4, 0.5) is 10.6 Å². The van der Waals surface area contributed by atoms with Crippen molar-refractivity contribution in [3.05, 3.63) is 29.6 Å². The zero-order valence-electron chi connectivity index (χ0n) is 17.4. The Labute approximate surface area is 173 Å². The molecular weight excluding hydrogens is 390 g/mol. The van der Waals surface area contributed by atoms with Gasteiger partial charge in [0.05, 0.1) is 12.7 Å². The third kappa shape index (κ3) is 4.12. The van der Waals surface area contributed by atoms with E-state index in [0.29, 0.717) is 49.2 Å². The van der Waals surface area contributed by atoms with E-state index in [2.05, 4.69) is 20.9 Å². The molecule has 2 aromatic heterocycles. The summed E-state index contributed by atoms with van der Waals surface area (Å²) < 4.78 is 24.2. The highest BCUT2D eigenvalue weighted by atomic mass is 16.6. The minimum absolute atomic E-state index is 0.319. The first-order valence-electron chi connectivity index (χ1n) is 9.71. The van der Waals surface area contributed by atoms with Crippen LogP contribution in [0.3, 0.4) is 0 Å². The number of ether oxygens (including phenoxy) is 3. The predicted molar refractivity (Wildman–Crippen MR) is 109 cm³/mol. The van der Waals surface area contributed by atoms with Crippen LogP contribution < -0.4 is 20.1 Å². The Balaban J connectivity index is 1.52. The molecule has 1 aliphatic rings. The zero-order valence-corrected chi connectivity index (χ0v) is 17.4. The fourth-order valence-electron chi connectivity index (χ4n) is 3.22. The highest BCUT2D eigenvalue weighted by Crippen LogP contribution is 2.44. The first-order chi connectivity index (χ1) is 14.3. The molecule has 0 unspecified atom stereocenters. The van der Waals surface area contributed by atoms with Gasteiger partial charge in [-0.15, -0.1) is 0 Å². The van der Waals surface area contributed by atoms with Crippen LogP contribution in [-0.4, -0.2) is 46.9 Å². The summed E-state index contributed by atoms with van der Waals surface area (Å²) in [5, 5.41) is 14.9. The summed E-state index contributed by atoms with van der Waals surface area (Å²) >= 11 is 0. The largest absolute Gasteiger partial charge is 0.486 e. The zero-order chi connectivity index (χ0) is 21.3. The number of fused-ring (bicyclic) bond motifs is 3. The quantitative estimate of drug-likeness (QED) is 0.654. The van der Waals surface area contributed by atoms with E-state index in [4.69, 9.17) is 18.7 Å². The molecule has 10 nitrogen and oxygen atoms in total. The molecule has 0 atom stereocenters. The first-order valence-corrected chi connectivity index (χ1v) is 9.71. The molecule has 30 heavy (non-hydrogen) atoms. The molecule has 3 heterocycles. The summed E-state index contributed by atoms with van der Waals surface area (Å²) in [6, 6.07) is 1.89. The molecule has 2 N–H and O–H groups in total. The van der Waals surface area contributed by atoms with E-state index in [1.807, 2.05) is 33.0 Å². The summed E-state index contributed by atoms with van der Waals surface area (Å²) in [5.74, 6) is 1.89. The van der Waals surface area contributed by atoms with Crippen molar-refractivity contribution < 1.29 is 23.5 Å².